The third-order valence-electron chi connectivity index (χ3n) is 6.90. The molecule has 208 valence electrons. The minimum Gasteiger partial charge on any atom is -0.474 e. The number of aromatic nitrogens is 2. The first-order valence-electron chi connectivity index (χ1n) is 13.1. The third-order valence-corrected chi connectivity index (χ3v) is 7.41. The Balaban J connectivity index is 1.30. The molecule has 1 aliphatic heterocycles. The molecule has 1 aliphatic carbocycles. The summed E-state index contributed by atoms with van der Waals surface area (Å²) in [5.41, 5.74) is 3.65. The van der Waals surface area contributed by atoms with Gasteiger partial charge in [-0.25, -0.2) is 18.7 Å². The van der Waals surface area contributed by atoms with Crippen LogP contribution < -0.4 is 15.5 Å². The van der Waals surface area contributed by atoms with E-state index in [9.17, 15) is 18.0 Å². The molecule has 0 bridgehead atoms. The van der Waals surface area contributed by atoms with Crippen molar-refractivity contribution in [3.63, 3.8) is 0 Å². The average Bonchev–Trinajstić information content (AvgIpc) is 3.65. The quantitative estimate of drug-likeness (QED) is 0.232. The Hall–Kier alpha value is -3.22. The molecule has 3 aromatic rings. The number of hydroxylamine groups is 1. The highest BCUT2D eigenvalue weighted by Gasteiger charge is 2.26. The zero-order valence-corrected chi connectivity index (χ0v) is 22.4. The molecule has 2 N–H and O–H groups in total. The predicted octanol–water partition coefficient (Wildman–Crippen LogP) is 5.61. The van der Waals surface area contributed by atoms with E-state index in [1.807, 2.05) is 0 Å². The number of ether oxygens (including phenoxy) is 1. The lowest BCUT2D eigenvalue weighted by Crippen LogP contribution is -2.33. The Morgan fingerprint density at radius 3 is 2.64 bits per heavy atom. The number of carbonyl (C=O) groups is 1. The van der Waals surface area contributed by atoms with Crippen LogP contribution >= 0.6 is 11.7 Å². The fourth-order valence-corrected chi connectivity index (χ4v) is 4.97. The van der Waals surface area contributed by atoms with Gasteiger partial charge in [0.2, 0.25) is 0 Å². The van der Waals surface area contributed by atoms with Crippen LogP contribution in [0.4, 0.5) is 24.5 Å². The van der Waals surface area contributed by atoms with E-state index in [0.29, 0.717) is 48.0 Å². The van der Waals surface area contributed by atoms with Crippen molar-refractivity contribution in [1.82, 2.24) is 19.1 Å². The number of hydrogen-bond donors (Lipinski definition) is 2. The first kappa shape index (κ1) is 27.4. The number of likely N-dealkylation sites (tertiary alicyclic amines) is 1. The second-order valence-corrected chi connectivity index (χ2v) is 10.4. The summed E-state index contributed by atoms with van der Waals surface area (Å²) >= 11 is 1.04. The van der Waals surface area contributed by atoms with Gasteiger partial charge in [0.05, 0.1) is 29.6 Å². The minimum atomic E-state index is -1.68. The highest BCUT2D eigenvalue weighted by atomic mass is 32.1. The second-order valence-electron chi connectivity index (χ2n) is 9.92. The SMILES string of the molecule is Cc1cc(-c2nsnc2OCCN2CCCCC2)ccc1Nc1c(C(=O)NOCC2CC2)cc(F)c(F)c1F. The summed E-state index contributed by atoms with van der Waals surface area (Å²) in [5.74, 6) is -4.74. The van der Waals surface area contributed by atoms with Crippen molar-refractivity contribution in [3.8, 4) is 17.1 Å². The number of piperidine rings is 1. The standard InChI is InChI=1S/C27H30F3N5O3S/c1-16-13-18(24-27(34-39-33-24)37-12-11-35-9-3-2-4-10-35)7-8-21(16)31-25-19(14-20(28)22(29)23(25)30)26(36)32-38-15-17-5-6-17/h7-8,13-14,17,31H,2-6,9-12,15H2,1H3,(H,32,36). The van der Waals surface area contributed by atoms with Gasteiger partial charge in [0.15, 0.2) is 17.5 Å². The average molecular weight is 562 g/mol. The van der Waals surface area contributed by atoms with Crippen molar-refractivity contribution < 1.29 is 27.5 Å². The lowest BCUT2D eigenvalue weighted by molar-refractivity contribution is 0.0270. The van der Waals surface area contributed by atoms with E-state index in [-0.39, 0.29) is 0 Å². The molecule has 1 amide bonds. The molecule has 2 aliphatic rings. The van der Waals surface area contributed by atoms with Crippen LogP contribution in [0.25, 0.3) is 11.3 Å². The molecule has 1 aromatic heterocycles. The monoisotopic (exact) mass is 561 g/mol. The van der Waals surface area contributed by atoms with Gasteiger partial charge in [-0.05, 0) is 75.4 Å². The Labute approximate surface area is 228 Å². The van der Waals surface area contributed by atoms with E-state index >= 15 is 0 Å². The lowest BCUT2D eigenvalue weighted by atomic mass is 10.1. The molecule has 0 radical (unpaired) electrons. The zero-order valence-electron chi connectivity index (χ0n) is 21.6. The molecule has 39 heavy (non-hydrogen) atoms. The van der Waals surface area contributed by atoms with E-state index in [0.717, 1.165) is 49.8 Å². The van der Waals surface area contributed by atoms with E-state index in [2.05, 4.69) is 24.4 Å². The smallest absolute Gasteiger partial charge is 0.277 e. The van der Waals surface area contributed by atoms with Crippen molar-refractivity contribution in [2.45, 2.75) is 39.0 Å². The van der Waals surface area contributed by atoms with Crippen molar-refractivity contribution >= 4 is 29.0 Å². The lowest BCUT2D eigenvalue weighted by Gasteiger charge is -2.25. The van der Waals surface area contributed by atoms with Crippen molar-refractivity contribution in [2.75, 3.05) is 38.2 Å². The minimum absolute atomic E-state index is 0.302. The number of amides is 1. The molecule has 5 rings (SSSR count). The van der Waals surface area contributed by atoms with Crippen molar-refractivity contribution in [2.24, 2.45) is 5.92 Å². The van der Waals surface area contributed by atoms with Crippen LogP contribution in [-0.4, -0.2) is 52.4 Å². The van der Waals surface area contributed by atoms with Gasteiger partial charge in [0.1, 0.15) is 12.3 Å². The molecule has 2 aromatic carbocycles. The van der Waals surface area contributed by atoms with Gasteiger partial charge in [0, 0.05) is 17.8 Å². The van der Waals surface area contributed by atoms with E-state index in [1.54, 1.807) is 25.1 Å². The Morgan fingerprint density at radius 1 is 1.10 bits per heavy atom. The Kier molecular flexibility index (Phi) is 8.63. The maximum absolute atomic E-state index is 14.8. The number of nitrogens with zero attached hydrogens (tertiary/aromatic N) is 3. The highest BCUT2D eigenvalue weighted by molar-refractivity contribution is 6.99. The van der Waals surface area contributed by atoms with Crippen LogP contribution in [0.15, 0.2) is 24.3 Å². The van der Waals surface area contributed by atoms with Crippen LogP contribution in [0, 0.1) is 30.3 Å². The van der Waals surface area contributed by atoms with Crippen molar-refractivity contribution in [1.29, 1.82) is 0 Å². The fourth-order valence-electron chi connectivity index (χ4n) is 4.45. The van der Waals surface area contributed by atoms with Crippen LogP contribution in [0.2, 0.25) is 0 Å². The second kappa shape index (κ2) is 12.3. The van der Waals surface area contributed by atoms with E-state index in [1.165, 1.54) is 19.3 Å². The molecule has 1 saturated carbocycles. The number of carbonyl (C=O) groups excluding carboxylic acids is 1. The van der Waals surface area contributed by atoms with Crippen LogP contribution in [0.5, 0.6) is 5.88 Å². The van der Waals surface area contributed by atoms with Crippen LogP contribution in [0.1, 0.15) is 48.0 Å². The largest absolute Gasteiger partial charge is 0.474 e. The number of hydrogen-bond acceptors (Lipinski definition) is 8. The topological polar surface area (TPSA) is 88.6 Å². The van der Waals surface area contributed by atoms with Gasteiger partial charge >= 0.3 is 0 Å². The Bertz CT molecular complexity index is 1330. The predicted molar refractivity (Wildman–Crippen MR) is 142 cm³/mol. The van der Waals surface area contributed by atoms with Gasteiger partial charge < -0.3 is 10.1 Å². The molecule has 12 heteroatoms. The molecule has 8 nitrogen and oxygen atoms in total. The molecule has 0 unspecified atom stereocenters. The number of aryl methyl sites for hydroxylation is 1. The van der Waals surface area contributed by atoms with E-state index < -0.39 is 34.6 Å². The number of halogens is 3. The van der Waals surface area contributed by atoms with Gasteiger partial charge in [0.25, 0.3) is 11.8 Å². The number of benzene rings is 2. The summed E-state index contributed by atoms with van der Waals surface area (Å²) in [6, 6.07) is 5.83. The first-order valence-corrected chi connectivity index (χ1v) is 13.8. The summed E-state index contributed by atoms with van der Waals surface area (Å²) < 4.78 is 57.6. The molecule has 0 spiro atoms. The van der Waals surface area contributed by atoms with Crippen molar-refractivity contribution in [3.05, 3.63) is 52.8 Å². The summed E-state index contributed by atoms with van der Waals surface area (Å²) in [6.45, 7) is 5.54. The third kappa shape index (κ3) is 6.68. The number of anilines is 2. The summed E-state index contributed by atoms with van der Waals surface area (Å²) in [7, 11) is 0. The normalized spacial score (nSPS) is 15.8. The van der Waals surface area contributed by atoms with Crippen LogP contribution in [-0.2, 0) is 4.84 Å². The van der Waals surface area contributed by atoms with Gasteiger partial charge in [-0.3, -0.25) is 14.5 Å². The molecule has 2 fully saturated rings. The van der Waals surface area contributed by atoms with E-state index in [4.69, 9.17) is 9.57 Å². The van der Waals surface area contributed by atoms with Crippen LogP contribution in [0.3, 0.4) is 0 Å². The zero-order chi connectivity index (χ0) is 27.4. The summed E-state index contributed by atoms with van der Waals surface area (Å²) in [5, 5.41) is 2.76. The molecular weight excluding hydrogens is 531 g/mol. The molecule has 0 atom stereocenters. The summed E-state index contributed by atoms with van der Waals surface area (Å²) in [6.07, 6.45) is 5.69. The Morgan fingerprint density at radius 2 is 1.90 bits per heavy atom. The van der Waals surface area contributed by atoms with Gasteiger partial charge in [-0.2, -0.15) is 4.37 Å². The maximum Gasteiger partial charge on any atom is 0.277 e. The molecular formula is C27H30F3N5O3S. The number of rotatable bonds is 11. The van der Waals surface area contributed by atoms with Gasteiger partial charge in [-0.1, -0.05) is 12.5 Å². The maximum atomic E-state index is 14.8. The first-order chi connectivity index (χ1) is 18.9. The fraction of sp³-hybridized carbons (Fsp3) is 0.444. The number of nitrogens with one attached hydrogen (secondary N) is 2. The molecule has 2 heterocycles. The van der Waals surface area contributed by atoms with Gasteiger partial charge in [-0.15, -0.1) is 4.37 Å². The summed E-state index contributed by atoms with van der Waals surface area (Å²) in [4.78, 5) is 20.2. The highest BCUT2D eigenvalue weighted by Crippen LogP contribution is 2.34. The molecule has 1 saturated heterocycles.